The van der Waals surface area contributed by atoms with Gasteiger partial charge in [-0.05, 0) is 48.6 Å². The summed E-state index contributed by atoms with van der Waals surface area (Å²) in [5.74, 6) is -2.12. The molecule has 0 spiro atoms. The number of carbonyl (C=O) groups excluding carboxylic acids is 3. The van der Waals surface area contributed by atoms with Gasteiger partial charge < -0.3 is 4.74 Å². The Kier molecular flexibility index (Phi) is 10.2. The number of anilines is 1. The second-order valence-electron chi connectivity index (χ2n) is 8.33. The molecule has 1 amide bonds. The normalized spacial score (nSPS) is 10.7. The Hall–Kier alpha value is -3.32. The molecule has 0 bridgehead atoms. The highest BCUT2D eigenvalue weighted by atomic mass is 32.1. The molecule has 0 fully saturated rings. The number of unbranched alkanes of at least 4 members (excludes halogenated alkanes) is 5. The molecule has 3 aromatic rings. The van der Waals surface area contributed by atoms with E-state index in [1.807, 2.05) is 12.1 Å². The lowest BCUT2D eigenvalue weighted by atomic mass is 10.00. The predicted molar refractivity (Wildman–Crippen MR) is 140 cm³/mol. The first-order valence-corrected chi connectivity index (χ1v) is 13.1. The number of ketones is 1. The van der Waals surface area contributed by atoms with E-state index >= 15 is 0 Å². The molecule has 0 unspecified atom stereocenters. The molecular formula is C28H32N2O4S. The second-order valence-corrected chi connectivity index (χ2v) is 9.19. The minimum Gasteiger partial charge on any atom is -0.460 e. The summed E-state index contributed by atoms with van der Waals surface area (Å²) in [4.78, 5) is 40.1. The van der Waals surface area contributed by atoms with Crippen LogP contribution in [0.1, 0.15) is 78.8 Å². The third-order valence-corrected chi connectivity index (χ3v) is 6.43. The standard InChI is InChI=1S/C28H32N2O4S/c1-3-5-6-7-8-9-10-20-11-13-21(14-12-20)22-15-17-23(18-16-22)26(32)30-28-29-24(19-35-28)25(31)27(33)34-4-2/h11-19H,3-10H2,1-2H3,(H,29,30,32). The Balaban J connectivity index is 1.53. The van der Waals surface area contributed by atoms with E-state index in [2.05, 4.69) is 41.5 Å². The summed E-state index contributed by atoms with van der Waals surface area (Å²) in [6.45, 7) is 3.97. The minimum absolute atomic E-state index is 0.0426. The summed E-state index contributed by atoms with van der Waals surface area (Å²) in [6.07, 6.45) is 8.89. The van der Waals surface area contributed by atoms with Gasteiger partial charge in [-0.3, -0.25) is 14.9 Å². The quantitative estimate of drug-likeness (QED) is 0.124. The van der Waals surface area contributed by atoms with Crippen molar-refractivity contribution in [3.63, 3.8) is 0 Å². The fourth-order valence-electron chi connectivity index (χ4n) is 3.69. The summed E-state index contributed by atoms with van der Waals surface area (Å²) in [7, 11) is 0. The molecule has 35 heavy (non-hydrogen) atoms. The average Bonchev–Trinajstić information content (AvgIpc) is 3.34. The second kappa shape index (κ2) is 13.5. The number of amides is 1. The van der Waals surface area contributed by atoms with Crippen molar-refractivity contribution >= 4 is 34.1 Å². The van der Waals surface area contributed by atoms with Gasteiger partial charge in [-0.15, -0.1) is 11.3 Å². The molecule has 0 aliphatic heterocycles. The number of hydrogen-bond acceptors (Lipinski definition) is 6. The maximum Gasteiger partial charge on any atom is 0.381 e. The number of hydrogen-bond donors (Lipinski definition) is 1. The summed E-state index contributed by atoms with van der Waals surface area (Å²) < 4.78 is 4.69. The number of thiazole rings is 1. The van der Waals surface area contributed by atoms with E-state index in [1.165, 1.54) is 49.5 Å². The van der Waals surface area contributed by atoms with Crippen LogP contribution < -0.4 is 5.32 Å². The Labute approximate surface area is 210 Å². The van der Waals surface area contributed by atoms with Crippen LogP contribution in [0.15, 0.2) is 53.9 Å². The first-order valence-electron chi connectivity index (χ1n) is 12.2. The fraction of sp³-hybridized carbons (Fsp3) is 0.357. The highest BCUT2D eigenvalue weighted by molar-refractivity contribution is 7.14. The van der Waals surface area contributed by atoms with Crippen LogP contribution in [0.5, 0.6) is 0 Å². The zero-order valence-electron chi connectivity index (χ0n) is 20.3. The van der Waals surface area contributed by atoms with Crippen molar-refractivity contribution in [2.45, 2.75) is 58.8 Å². The van der Waals surface area contributed by atoms with Crippen molar-refractivity contribution in [2.75, 3.05) is 11.9 Å². The van der Waals surface area contributed by atoms with Crippen LogP contribution in [0.3, 0.4) is 0 Å². The van der Waals surface area contributed by atoms with E-state index < -0.39 is 11.8 Å². The number of Topliss-reactive ketones (excluding diaryl/α,β-unsaturated/α-hetero) is 1. The van der Waals surface area contributed by atoms with E-state index in [0.29, 0.717) is 5.56 Å². The number of aromatic nitrogens is 1. The van der Waals surface area contributed by atoms with Crippen molar-refractivity contribution in [2.24, 2.45) is 0 Å². The first-order chi connectivity index (χ1) is 17.0. The largest absolute Gasteiger partial charge is 0.460 e. The van der Waals surface area contributed by atoms with Gasteiger partial charge in [0.05, 0.1) is 6.61 Å². The third-order valence-electron chi connectivity index (χ3n) is 5.67. The monoisotopic (exact) mass is 492 g/mol. The van der Waals surface area contributed by atoms with Gasteiger partial charge in [0.25, 0.3) is 11.7 Å². The smallest absolute Gasteiger partial charge is 0.381 e. The molecule has 7 heteroatoms. The van der Waals surface area contributed by atoms with E-state index in [9.17, 15) is 14.4 Å². The zero-order chi connectivity index (χ0) is 25.0. The third kappa shape index (κ3) is 7.86. The average molecular weight is 493 g/mol. The van der Waals surface area contributed by atoms with Crippen molar-refractivity contribution < 1.29 is 19.1 Å². The lowest BCUT2D eigenvalue weighted by Gasteiger charge is -2.07. The molecule has 3 rings (SSSR count). The van der Waals surface area contributed by atoms with Crippen LogP contribution in [-0.4, -0.2) is 29.3 Å². The molecule has 2 aromatic carbocycles. The number of carbonyl (C=O) groups is 3. The van der Waals surface area contributed by atoms with Crippen LogP contribution in [0, 0.1) is 0 Å². The molecular weight excluding hydrogens is 460 g/mol. The van der Waals surface area contributed by atoms with Crippen molar-refractivity contribution in [3.05, 3.63) is 70.7 Å². The zero-order valence-corrected chi connectivity index (χ0v) is 21.2. The van der Waals surface area contributed by atoms with Gasteiger partial charge >= 0.3 is 5.97 Å². The maximum absolute atomic E-state index is 12.6. The van der Waals surface area contributed by atoms with E-state index in [1.54, 1.807) is 19.1 Å². The van der Waals surface area contributed by atoms with E-state index in [4.69, 9.17) is 4.74 Å². The molecule has 6 nitrogen and oxygen atoms in total. The lowest BCUT2D eigenvalue weighted by Crippen LogP contribution is -2.18. The van der Waals surface area contributed by atoms with Gasteiger partial charge in [-0.25, -0.2) is 9.78 Å². The van der Waals surface area contributed by atoms with Crippen molar-refractivity contribution in [3.8, 4) is 11.1 Å². The number of nitrogens with one attached hydrogen (secondary N) is 1. The summed E-state index contributed by atoms with van der Waals surface area (Å²) >= 11 is 1.08. The fourth-order valence-corrected chi connectivity index (χ4v) is 4.38. The minimum atomic E-state index is -0.957. The molecule has 1 N–H and O–H groups in total. The van der Waals surface area contributed by atoms with Crippen LogP contribution in [-0.2, 0) is 16.0 Å². The van der Waals surface area contributed by atoms with Crippen molar-refractivity contribution in [1.82, 2.24) is 4.98 Å². The molecule has 0 saturated carbocycles. The van der Waals surface area contributed by atoms with Gasteiger partial charge in [0, 0.05) is 10.9 Å². The Morgan fingerprint density at radius 3 is 2.14 bits per heavy atom. The predicted octanol–water partition coefficient (Wildman–Crippen LogP) is 6.71. The topological polar surface area (TPSA) is 85.4 Å². The lowest BCUT2D eigenvalue weighted by molar-refractivity contribution is -0.137. The number of esters is 1. The summed E-state index contributed by atoms with van der Waals surface area (Å²) in [5, 5.41) is 4.34. The highest BCUT2D eigenvalue weighted by Crippen LogP contribution is 2.22. The first kappa shape index (κ1) is 26.3. The van der Waals surface area contributed by atoms with Gasteiger partial charge in [0.1, 0.15) is 5.69 Å². The molecule has 0 radical (unpaired) electrons. The molecule has 1 heterocycles. The van der Waals surface area contributed by atoms with Crippen molar-refractivity contribution in [1.29, 1.82) is 0 Å². The molecule has 0 aliphatic carbocycles. The Morgan fingerprint density at radius 2 is 1.49 bits per heavy atom. The van der Waals surface area contributed by atoms with Gasteiger partial charge in [0.2, 0.25) is 0 Å². The van der Waals surface area contributed by atoms with E-state index in [0.717, 1.165) is 28.9 Å². The maximum atomic E-state index is 12.6. The molecule has 184 valence electrons. The Morgan fingerprint density at radius 1 is 0.857 bits per heavy atom. The summed E-state index contributed by atoms with van der Waals surface area (Å²) in [6, 6.07) is 15.9. The molecule has 1 aromatic heterocycles. The summed E-state index contributed by atoms with van der Waals surface area (Å²) in [5.41, 5.74) is 3.92. The van der Waals surface area contributed by atoms with Crippen LogP contribution >= 0.6 is 11.3 Å². The number of nitrogens with zero attached hydrogens (tertiary/aromatic N) is 1. The van der Waals surface area contributed by atoms with Crippen LogP contribution in [0.4, 0.5) is 5.13 Å². The molecule has 0 atom stereocenters. The van der Waals surface area contributed by atoms with Gasteiger partial charge in [0.15, 0.2) is 5.13 Å². The molecule has 0 saturated heterocycles. The SMILES string of the molecule is CCCCCCCCc1ccc(-c2ccc(C(=O)Nc3nc(C(=O)C(=O)OCC)cs3)cc2)cc1. The van der Waals surface area contributed by atoms with Crippen LogP contribution in [0.25, 0.3) is 11.1 Å². The van der Waals surface area contributed by atoms with Gasteiger partial charge in [-0.1, -0.05) is 75.4 Å². The highest BCUT2D eigenvalue weighted by Gasteiger charge is 2.21. The van der Waals surface area contributed by atoms with Gasteiger partial charge in [-0.2, -0.15) is 0 Å². The Bertz CT molecular complexity index is 1120. The number of ether oxygens (including phenoxy) is 1. The number of benzene rings is 2. The number of aryl methyl sites for hydroxylation is 1. The molecule has 0 aliphatic rings. The van der Waals surface area contributed by atoms with E-state index in [-0.39, 0.29) is 23.3 Å². The number of rotatable bonds is 13. The van der Waals surface area contributed by atoms with Crippen LogP contribution in [0.2, 0.25) is 0 Å².